The maximum Gasteiger partial charge on any atom is 0.337 e. The van der Waals surface area contributed by atoms with Crippen LogP contribution in [-0.4, -0.2) is 21.5 Å². The highest BCUT2D eigenvalue weighted by Gasteiger charge is 2.19. The quantitative estimate of drug-likeness (QED) is 0.854. The number of esters is 1. The summed E-state index contributed by atoms with van der Waals surface area (Å²) >= 11 is 0. The number of aryl methyl sites for hydroxylation is 2. The van der Waals surface area contributed by atoms with Gasteiger partial charge in [0.1, 0.15) is 0 Å². The highest BCUT2D eigenvalue weighted by molar-refractivity contribution is 7.89. The molecule has 0 spiro atoms. The highest BCUT2D eigenvalue weighted by Crippen LogP contribution is 2.18. The van der Waals surface area contributed by atoms with Crippen molar-refractivity contribution in [1.82, 2.24) is 4.72 Å². The molecule has 2 aromatic rings. The Morgan fingerprint density at radius 2 is 1.87 bits per heavy atom. The normalized spacial score (nSPS) is 11.3. The number of hydrogen-bond acceptors (Lipinski definition) is 4. The van der Waals surface area contributed by atoms with Crippen molar-refractivity contribution in [3.63, 3.8) is 0 Å². The van der Waals surface area contributed by atoms with Crippen LogP contribution in [0.2, 0.25) is 0 Å². The Bertz CT molecular complexity index is 828. The molecule has 0 saturated carbocycles. The zero-order chi connectivity index (χ0) is 17.0. The van der Waals surface area contributed by atoms with Crippen LogP contribution in [-0.2, 0) is 21.3 Å². The van der Waals surface area contributed by atoms with E-state index < -0.39 is 16.0 Å². The average molecular weight is 333 g/mol. The van der Waals surface area contributed by atoms with Crippen LogP contribution in [0, 0.1) is 13.8 Å². The first kappa shape index (κ1) is 17.2. The van der Waals surface area contributed by atoms with Gasteiger partial charge in [-0.2, -0.15) is 0 Å². The molecule has 0 aliphatic carbocycles. The van der Waals surface area contributed by atoms with Crippen molar-refractivity contribution >= 4 is 16.0 Å². The third kappa shape index (κ3) is 4.18. The van der Waals surface area contributed by atoms with E-state index in [1.807, 2.05) is 31.2 Å². The summed E-state index contributed by atoms with van der Waals surface area (Å²) in [5.41, 5.74) is 2.70. The number of sulfonamides is 1. The Hall–Kier alpha value is -2.18. The van der Waals surface area contributed by atoms with E-state index in [0.717, 1.165) is 11.1 Å². The highest BCUT2D eigenvalue weighted by atomic mass is 32.2. The Morgan fingerprint density at radius 3 is 2.52 bits per heavy atom. The maximum absolute atomic E-state index is 12.5. The minimum Gasteiger partial charge on any atom is -0.465 e. The first-order chi connectivity index (χ1) is 10.8. The smallest absolute Gasteiger partial charge is 0.337 e. The maximum atomic E-state index is 12.5. The molecule has 0 aliphatic rings. The fourth-order valence-corrected chi connectivity index (χ4v) is 3.50. The summed E-state index contributed by atoms with van der Waals surface area (Å²) in [6.07, 6.45) is 0. The largest absolute Gasteiger partial charge is 0.465 e. The summed E-state index contributed by atoms with van der Waals surface area (Å²) in [4.78, 5) is 11.7. The van der Waals surface area contributed by atoms with E-state index in [1.165, 1.54) is 13.2 Å². The minimum absolute atomic E-state index is 0.0769. The van der Waals surface area contributed by atoms with Crippen molar-refractivity contribution in [2.45, 2.75) is 25.3 Å². The predicted octanol–water partition coefficient (Wildman–Crippen LogP) is 2.57. The number of carbonyl (C=O) groups excluding carboxylic acids is 1. The van der Waals surface area contributed by atoms with Crippen LogP contribution in [0.4, 0.5) is 0 Å². The van der Waals surface area contributed by atoms with Crippen molar-refractivity contribution < 1.29 is 17.9 Å². The van der Waals surface area contributed by atoms with Gasteiger partial charge in [-0.1, -0.05) is 35.9 Å². The van der Waals surface area contributed by atoms with Gasteiger partial charge in [0.05, 0.1) is 17.6 Å². The second kappa shape index (κ2) is 6.93. The number of nitrogens with one attached hydrogen (secondary N) is 1. The van der Waals surface area contributed by atoms with Gasteiger partial charge in [0.15, 0.2) is 0 Å². The van der Waals surface area contributed by atoms with Crippen LogP contribution in [0.1, 0.15) is 27.0 Å². The van der Waals surface area contributed by atoms with Crippen LogP contribution in [0.15, 0.2) is 47.4 Å². The molecule has 1 N–H and O–H groups in total. The molecule has 0 heterocycles. The van der Waals surface area contributed by atoms with Gasteiger partial charge in [-0.05, 0) is 37.1 Å². The van der Waals surface area contributed by atoms with Crippen LogP contribution in [0.5, 0.6) is 0 Å². The zero-order valence-corrected chi connectivity index (χ0v) is 14.1. The summed E-state index contributed by atoms with van der Waals surface area (Å²) in [5, 5.41) is 0. The van der Waals surface area contributed by atoms with Crippen molar-refractivity contribution in [2.24, 2.45) is 0 Å². The van der Waals surface area contributed by atoms with Gasteiger partial charge in [0.25, 0.3) is 0 Å². The van der Waals surface area contributed by atoms with E-state index in [4.69, 9.17) is 0 Å². The van der Waals surface area contributed by atoms with E-state index >= 15 is 0 Å². The lowest BCUT2D eigenvalue weighted by Gasteiger charge is -2.11. The molecule has 0 aliphatic heterocycles. The number of methoxy groups -OCH3 is 1. The number of benzene rings is 2. The third-order valence-corrected chi connectivity index (χ3v) is 4.99. The van der Waals surface area contributed by atoms with Gasteiger partial charge in [-0.25, -0.2) is 17.9 Å². The van der Waals surface area contributed by atoms with E-state index in [1.54, 1.807) is 19.1 Å². The molecule has 0 unspecified atom stereocenters. The molecule has 6 heteroatoms. The molecule has 122 valence electrons. The Kier molecular flexibility index (Phi) is 5.18. The molecule has 0 atom stereocenters. The average Bonchev–Trinajstić information content (AvgIpc) is 2.52. The van der Waals surface area contributed by atoms with Gasteiger partial charge in [-0.3, -0.25) is 0 Å². The summed E-state index contributed by atoms with van der Waals surface area (Å²) in [6, 6.07) is 12.1. The van der Waals surface area contributed by atoms with Gasteiger partial charge in [0.2, 0.25) is 10.0 Å². The molecular formula is C17H19NO4S. The van der Waals surface area contributed by atoms with Gasteiger partial charge in [-0.15, -0.1) is 0 Å². The van der Waals surface area contributed by atoms with Crippen molar-refractivity contribution in [2.75, 3.05) is 7.11 Å². The topological polar surface area (TPSA) is 72.5 Å². The van der Waals surface area contributed by atoms with E-state index in [9.17, 15) is 13.2 Å². The Morgan fingerprint density at radius 1 is 1.13 bits per heavy atom. The summed E-state index contributed by atoms with van der Waals surface area (Å²) in [5.74, 6) is -0.569. The standard InChI is InChI=1S/C17H19NO4S/c1-12-5-4-6-14(9-12)11-18-23(20,21)16-10-15(17(19)22-3)8-7-13(16)2/h4-10,18H,11H2,1-3H3. The van der Waals surface area contributed by atoms with Crippen molar-refractivity contribution in [3.05, 3.63) is 64.7 Å². The van der Waals surface area contributed by atoms with Crippen LogP contribution in [0.3, 0.4) is 0 Å². The first-order valence-corrected chi connectivity index (χ1v) is 8.56. The van der Waals surface area contributed by atoms with E-state index in [0.29, 0.717) is 5.56 Å². The summed E-state index contributed by atoms with van der Waals surface area (Å²) < 4.78 is 32.2. The number of rotatable bonds is 5. The molecule has 0 saturated heterocycles. The summed E-state index contributed by atoms with van der Waals surface area (Å²) in [6.45, 7) is 3.82. The third-order valence-electron chi connectivity index (χ3n) is 3.45. The first-order valence-electron chi connectivity index (χ1n) is 7.07. The lowest BCUT2D eigenvalue weighted by Crippen LogP contribution is -2.24. The summed E-state index contributed by atoms with van der Waals surface area (Å²) in [7, 11) is -2.47. The number of ether oxygens (including phenoxy) is 1. The Labute approximate surface area is 136 Å². The lowest BCUT2D eigenvalue weighted by atomic mass is 10.1. The van der Waals surface area contributed by atoms with Gasteiger partial charge >= 0.3 is 5.97 Å². The van der Waals surface area contributed by atoms with Gasteiger partial charge in [0, 0.05) is 6.54 Å². The zero-order valence-electron chi connectivity index (χ0n) is 13.3. The molecule has 0 fully saturated rings. The molecule has 0 bridgehead atoms. The fraction of sp³-hybridized carbons (Fsp3) is 0.235. The molecule has 2 rings (SSSR count). The minimum atomic E-state index is -3.72. The molecule has 5 nitrogen and oxygen atoms in total. The molecule has 2 aromatic carbocycles. The molecule has 23 heavy (non-hydrogen) atoms. The van der Waals surface area contributed by atoms with Crippen LogP contribution >= 0.6 is 0 Å². The molecule has 0 aromatic heterocycles. The molecule has 0 radical (unpaired) electrons. The second-order valence-corrected chi connectivity index (χ2v) is 7.02. The van der Waals surface area contributed by atoms with E-state index in [2.05, 4.69) is 9.46 Å². The van der Waals surface area contributed by atoms with Crippen LogP contribution in [0.25, 0.3) is 0 Å². The fourth-order valence-electron chi connectivity index (χ4n) is 2.21. The lowest BCUT2D eigenvalue weighted by molar-refractivity contribution is 0.0600. The van der Waals surface area contributed by atoms with Gasteiger partial charge < -0.3 is 4.74 Å². The molecular weight excluding hydrogens is 314 g/mol. The second-order valence-electron chi connectivity index (χ2n) is 5.29. The van der Waals surface area contributed by atoms with Crippen molar-refractivity contribution in [3.8, 4) is 0 Å². The molecule has 0 amide bonds. The monoisotopic (exact) mass is 333 g/mol. The SMILES string of the molecule is COC(=O)c1ccc(C)c(S(=O)(=O)NCc2cccc(C)c2)c1. The number of carbonyl (C=O) groups is 1. The Balaban J connectivity index is 2.27. The van der Waals surface area contributed by atoms with Crippen LogP contribution < -0.4 is 4.72 Å². The van der Waals surface area contributed by atoms with E-state index in [-0.39, 0.29) is 17.0 Å². The van der Waals surface area contributed by atoms with Crippen molar-refractivity contribution in [1.29, 1.82) is 0 Å². The number of hydrogen-bond donors (Lipinski definition) is 1. The predicted molar refractivity (Wildman–Crippen MR) is 87.7 cm³/mol.